The van der Waals surface area contributed by atoms with Crippen molar-refractivity contribution in [3.63, 3.8) is 0 Å². The topological polar surface area (TPSA) is 358 Å². The Morgan fingerprint density at radius 3 is 1.92 bits per heavy atom. The highest BCUT2D eigenvalue weighted by atomic mass is 16.7. The summed E-state index contributed by atoms with van der Waals surface area (Å²) in [6, 6.07) is 5.79. The molecule has 3 aliphatic rings. The standard InChI is InChI=1S/C64H97N3O18/c1-6-7-20-29-67-62(80)57-54(76)39-64(81)38-51(74)34-49(72)32-47(70)30-46(69)31-48(71)33-50(73)36-56(77)84-61(41(3)23-28-45(68)35-53(75)43-24-26-44(66-5)27-25-43)40(2)21-18-16-14-12-10-8-9-11-13-15-17-19-22-52(37-55(57)85-64)83-63-60(79)58(65)59(78)42(4)82-63/h8-19,21-22,24-27,40-42,45-47,49-52,54-55,57-61,63,66,68-70,72-74,76,78-79,81H,6-7,20,23,28-39,65H2,1-5H3,(H,67,80)/t40?,41?,42-,45?,46?,47?,49?,50?,51?,52?,54?,55?,57?,58+,59-,60+,61?,63+,64?/m1/s1. The number of fused-ring (bicyclic) bond motifs is 2. The summed E-state index contributed by atoms with van der Waals surface area (Å²) in [5.74, 6) is -6.37. The molecule has 19 atom stereocenters. The first kappa shape index (κ1) is 72.4. The van der Waals surface area contributed by atoms with Crippen LogP contribution in [0.25, 0.3) is 0 Å². The molecular formula is C64H97N3O18. The number of carbonyl (C=O) groups excluding carboxylic acids is 4. The third kappa shape index (κ3) is 26.0. The van der Waals surface area contributed by atoms with Crippen LogP contribution < -0.4 is 16.4 Å². The van der Waals surface area contributed by atoms with Crippen molar-refractivity contribution in [2.75, 3.05) is 18.9 Å². The number of allylic oxidation sites excluding steroid dienone is 12. The Hall–Kier alpha value is -5.08. The lowest BCUT2D eigenvalue weighted by atomic mass is 9.82. The van der Waals surface area contributed by atoms with E-state index in [1.807, 2.05) is 26.8 Å². The first-order chi connectivity index (χ1) is 40.4. The van der Waals surface area contributed by atoms with Gasteiger partial charge < -0.3 is 86.4 Å². The molecule has 21 nitrogen and oxygen atoms in total. The summed E-state index contributed by atoms with van der Waals surface area (Å²) < 4.78 is 24.3. The minimum Gasteiger partial charge on any atom is -0.461 e. The number of rotatable bonds is 15. The summed E-state index contributed by atoms with van der Waals surface area (Å²) in [5, 5.41) is 117. The normalized spacial score (nSPS) is 33.8. The van der Waals surface area contributed by atoms with E-state index < -0.39 is 160 Å². The van der Waals surface area contributed by atoms with Crippen molar-refractivity contribution < 1.29 is 89.2 Å². The fourth-order valence-corrected chi connectivity index (χ4v) is 10.8. The Morgan fingerprint density at radius 1 is 0.729 bits per heavy atom. The maximum absolute atomic E-state index is 13.8. The van der Waals surface area contributed by atoms with Gasteiger partial charge in [0.1, 0.15) is 18.0 Å². The van der Waals surface area contributed by atoms with Gasteiger partial charge in [0.05, 0.1) is 85.5 Å². The van der Waals surface area contributed by atoms with Gasteiger partial charge in [0.15, 0.2) is 17.9 Å². The summed E-state index contributed by atoms with van der Waals surface area (Å²) in [6.07, 6.45) is 5.96. The molecule has 0 spiro atoms. The van der Waals surface area contributed by atoms with Gasteiger partial charge in [-0.3, -0.25) is 19.2 Å². The van der Waals surface area contributed by atoms with E-state index in [0.29, 0.717) is 24.9 Å². The molecule has 3 aliphatic heterocycles. The van der Waals surface area contributed by atoms with Crippen LogP contribution in [0.2, 0.25) is 0 Å². The highest BCUT2D eigenvalue weighted by molar-refractivity contribution is 5.96. The van der Waals surface area contributed by atoms with Crippen LogP contribution in [-0.2, 0) is 33.3 Å². The second-order valence-corrected chi connectivity index (χ2v) is 23.1. The lowest BCUT2D eigenvalue weighted by Gasteiger charge is -2.46. The van der Waals surface area contributed by atoms with Gasteiger partial charge in [0.25, 0.3) is 0 Å². The van der Waals surface area contributed by atoms with Crippen LogP contribution in [0, 0.1) is 17.8 Å². The van der Waals surface area contributed by atoms with Crippen molar-refractivity contribution in [1.29, 1.82) is 0 Å². The molecule has 0 radical (unpaired) electrons. The summed E-state index contributed by atoms with van der Waals surface area (Å²) in [4.78, 5) is 53.2. The molecule has 85 heavy (non-hydrogen) atoms. The predicted molar refractivity (Wildman–Crippen MR) is 320 cm³/mol. The molecule has 2 fully saturated rings. The van der Waals surface area contributed by atoms with E-state index in [0.717, 1.165) is 18.5 Å². The van der Waals surface area contributed by atoms with Crippen LogP contribution in [0.4, 0.5) is 5.69 Å². The predicted octanol–water partition coefficient (Wildman–Crippen LogP) is 3.97. The molecule has 14 N–H and O–H groups in total. The number of carbonyl (C=O) groups is 4. The average Bonchev–Trinajstić information content (AvgIpc) is 2.29. The minimum absolute atomic E-state index is 0.101. The molecular weight excluding hydrogens is 1100 g/mol. The Kier molecular flexibility index (Phi) is 32.0. The first-order valence-electron chi connectivity index (χ1n) is 30.0. The molecule has 476 valence electrons. The van der Waals surface area contributed by atoms with E-state index in [4.69, 9.17) is 24.7 Å². The zero-order valence-electron chi connectivity index (χ0n) is 49.9. The number of hydrogen-bond donors (Lipinski definition) is 13. The van der Waals surface area contributed by atoms with Crippen molar-refractivity contribution in [2.24, 2.45) is 23.5 Å². The zero-order valence-corrected chi connectivity index (χ0v) is 49.9. The van der Waals surface area contributed by atoms with Crippen LogP contribution >= 0.6 is 0 Å². The highest BCUT2D eigenvalue weighted by Gasteiger charge is 2.51. The van der Waals surface area contributed by atoms with Gasteiger partial charge in [-0.15, -0.1) is 0 Å². The smallest absolute Gasteiger partial charge is 0.308 e. The van der Waals surface area contributed by atoms with E-state index in [2.05, 4.69) is 10.6 Å². The van der Waals surface area contributed by atoms with E-state index in [-0.39, 0.29) is 49.7 Å². The minimum atomic E-state index is -2.27. The molecule has 0 aliphatic carbocycles. The molecule has 2 bridgehead atoms. The largest absolute Gasteiger partial charge is 0.461 e. The quantitative estimate of drug-likeness (QED) is 0.0671. The number of esters is 1. The Morgan fingerprint density at radius 2 is 1.31 bits per heavy atom. The highest BCUT2D eigenvalue weighted by Crippen LogP contribution is 2.38. The lowest BCUT2D eigenvalue weighted by Crippen LogP contribution is -2.62. The fraction of sp³-hybridized carbons (Fsp3) is 0.625. The van der Waals surface area contributed by atoms with Crippen molar-refractivity contribution in [3.05, 3.63) is 115 Å². The van der Waals surface area contributed by atoms with E-state index in [1.165, 1.54) is 0 Å². The summed E-state index contributed by atoms with van der Waals surface area (Å²) >= 11 is 0. The molecule has 2 saturated heterocycles. The van der Waals surface area contributed by atoms with E-state index in [1.54, 1.807) is 117 Å². The summed E-state index contributed by atoms with van der Waals surface area (Å²) in [7, 11) is 1.77. The number of ether oxygens (including phenoxy) is 4. The third-order valence-corrected chi connectivity index (χ3v) is 15.5. The molecule has 0 aromatic heterocycles. The Labute approximate surface area is 500 Å². The number of ketones is 2. The first-order valence-corrected chi connectivity index (χ1v) is 30.0. The van der Waals surface area contributed by atoms with Gasteiger partial charge in [-0.1, -0.05) is 119 Å². The second-order valence-electron chi connectivity index (χ2n) is 23.1. The van der Waals surface area contributed by atoms with Gasteiger partial charge >= 0.3 is 5.97 Å². The molecule has 1 aromatic carbocycles. The number of aliphatic hydroxyl groups is 10. The summed E-state index contributed by atoms with van der Waals surface area (Å²) in [5.41, 5.74) is 7.45. The molecule has 4 rings (SSSR count). The van der Waals surface area contributed by atoms with Gasteiger partial charge in [0, 0.05) is 69.3 Å². The van der Waals surface area contributed by atoms with Gasteiger partial charge in [-0.2, -0.15) is 0 Å². The van der Waals surface area contributed by atoms with Crippen LogP contribution in [0.5, 0.6) is 0 Å². The monoisotopic (exact) mass is 1200 g/mol. The SMILES string of the molecule is CCCCCNC(=O)C1C(O)CC2(O)CC(O)CC(O)CC(O)CC(O)CC(=O)CC(O)CC(=O)OC(C(C)CCC(O)CC(=O)c3ccc(NC)cc3)C(C)C=CC=CC=CC=CC=CC=CC=CC(O[C@@H]3O[C@H](C)[C@@H](O)[C@H](N)[C@@H]3O)CC1O2. The number of nitrogens with one attached hydrogen (secondary N) is 2. The van der Waals surface area contributed by atoms with Crippen molar-refractivity contribution in [2.45, 2.75) is 221 Å². The van der Waals surface area contributed by atoms with E-state index >= 15 is 0 Å². The maximum atomic E-state index is 13.8. The number of anilines is 1. The fourth-order valence-electron chi connectivity index (χ4n) is 10.8. The summed E-state index contributed by atoms with van der Waals surface area (Å²) in [6.45, 7) is 7.59. The number of Topliss-reactive ketones (excluding diaryl/α,β-unsaturated/α-hetero) is 2. The van der Waals surface area contributed by atoms with Gasteiger partial charge in [0.2, 0.25) is 5.91 Å². The number of nitrogens with two attached hydrogens (primary N) is 1. The number of hydrogen-bond acceptors (Lipinski definition) is 20. The van der Waals surface area contributed by atoms with Crippen LogP contribution in [0.1, 0.15) is 134 Å². The second kappa shape index (κ2) is 37.6. The zero-order chi connectivity index (χ0) is 62.6. The molecule has 0 saturated carbocycles. The van der Waals surface area contributed by atoms with Crippen molar-refractivity contribution in [3.8, 4) is 0 Å². The van der Waals surface area contributed by atoms with Gasteiger partial charge in [-0.05, 0) is 75.6 Å². The third-order valence-electron chi connectivity index (χ3n) is 15.5. The molecule has 1 amide bonds. The molecule has 3 heterocycles. The molecule has 21 heteroatoms. The molecule has 1 aromatic rings. The lowest BCUT2D eigenvalue weighted by molar-refractivity contribution is -0.307. The van der Waals surface area contributed by atoms with Crippen LogP contribution in [0.3, 0.4) is 0 Å². The van der Waals surface area contributed by atoms with E-state index in [9.17, 15) is 70.2 Å². The van der Waals surface area contributed by atoms with Crippen molar-refractivity contribution in [1.82, 2.24) is 5.32 Å². The van der Waals surface area contributed by atoms with Gasteiger partial charge in [-0.25, -0.2) is 0 Å². The number of aliphatic hydroxyl groups excluding tert-OH is 9. The maximum Gasteiger partial charge on any atom is 0.308 e. The number of cyclic esters (lactones) is 1. The number of benzene rings is 1. The molecule has 14 unspecified atom stereocenters. The van der Waals surface area contributed by atoms with Crippen molar-refractivity contribution >= 4 is 29.1 Å². The number of unbranched alkanes of at least 4 members (excludes halogenated alkanes) is 2. The van der Waals surface area contributed by atoms with Crippen LogP contribution in [-0.4, -0.2) is 186 Å². The average molecular weight is 1200 g/mol. The number of amides is 1. The Balaban J connectivity index is 1.57. The Bertz CT molecular complexity index is 2390. The van der Waals surface area contributed by atoms with Crippen LogP contribution in [0.15, 0.2) is 109 Å².